The molecule has 0 aliphatic carbocycles. The number of nitrogens with zero attached hydrogens (tertiary/aromatic N) is 1. The minimum atomic E-state index is -0.230. The summed E-state index contributed by atoms with van der Waals surface area (Å²) >= 11 is 5.89. The molecule has 4 heteroatoms. The molecule has 0 saturated carbocycles. The van der Waals surface area contributed by atoms with Gasteiger partial charge in [-0.2, -0.15) is 0 Å². The van der Waals surface area contributed by atoms with Crippen molar-refractivity contribution in [1.82, 2.24) is 9.97 Å². The second kappa shape index (κ2) is 5.31. The van der Waals surface area contributed by atoms with Crippen LogP contribution in [0.4, 0.5) is 0 Å². The summed E-state index contributed by atoms with van der Waals surface area (Å²) in [6.45, 7) is 0. The normalized spacial score (nSPS) is 11.2. The molecule has 1 N–H and O–H groups in total. The van der Waals surface area contributed by atoms with Crippen LogP contribution in [0.1, 0.15) is 11.3 Å². The zero-order valence-corrected chi connectivity index (χ0v) is 11.3. The van der Waals surface area contributed by atoms with E-state index >= 15 is 0 Å². The number of aromatic nitrogens is 2. The lowest BCUT2D eigenvalue weighted by molar-refractivity contribution is 1.19. The molecule has 2 aromatic carbocycles. The Bertz CT molecular complexity index is 838. The van der Waals surface area contributed by atoms with Crippen molar-refractivity contribution < 1.29 is 0 Å². The van der Waals surface area contributed by atoms with Gasteiger partial charge in [-0.25, -0.2) is 4.98 Å². The molecule has 20 heavy (non-hydrogen) atoms. The molecule has 0 aliphatic rings. The van der Waals surface area contributed by atoms with Crippen LogP contribution in [0.3, 0.4) is 0 Å². The number of aromatic amines is 1. The molecule has 3 nitrogen and oxygen atoms in total. The van der Waals surface area contributed by atoms with Gasteiger partial charge >= 0.3 is 0 Å². The highest BCUT2D eigenvalue weighted by atomic mass is 35.5. The molecule has 0 saturated heterocycles. The Hall–Kier alpha value is -2.39. The van der Waals surface area contributed by atoms with Crippen LogP contribution in [-0.2, 0) is 0 Å². The standard InChI is InChI=1S/C16H11ClN2O/c17-12-7-9-13-15(10-12)19-16(20)14(18-13)8-6-11-4-2-1-3-5-11/h1-10H,(H,19,20). The fraction of sp³-hybridized carbons (Fsp3) is 0. The SMILES string of the molecule is O=c1[nH]c2cc(Cl)ccc2nc1C=Cc1ccccc1. The van der Waals surface area contributed by atoms with E-state index in [1.54, 1.807) is 24.3 Å². The minimum absolute atomic E-state index is 0.230. The molecule has 1 aromatic heterocycles. The lowest BCUT2D eigenvalue weighted by atomic mass is 10.2. The first-order valence-corrected chi connectivity index (χ1v) is 6.53. The Morgan fingerprint density at radius 1 is 1.05 bits per heavy atom. The van der Waals surface area contributed by atoms with Crippen molar-refractivity contribution in [3.05, 3.63) is 75.2 Å². The summed E-state index contributed by atoms with van der Waals surface area (Å²) in [5.41, 5.74) is 2.52. The van der Waals surface area contributed by atoms with E-state index in [1.165, 1.54) is 0 Å². The van der Waals surface area contributed by atoms with E-state index in [0.29, 0.717) is 21.7 Å². The van der Waals surface area contributed by atoms with Gasteiger partial charge in [-0.3, -0.25) is 4.79 Å². The number of hydrogen-bond acceptors (Lipinski definition) is 2. The number of H-pyrrole nitrogens is 1. The highest BCUT2D eigenvalue weighted by Gasteiger charge is 2.02. The number of halogens is 1. The quantitative estimate of drug-likeness (QED) is 0.778. The van der Waals surface area contributed by atoms with Crippen molar-refractivity contribution in [3.8, 4) is 0 Å². The van der Waals surface area contributed by atoms with Crippen LogP contribution < -0.4 is 5.56 Å². The molecular weight excluding hydrogens is 272 g/mol. The van der Waals surface area contributed by atoms with Gasteiger partial charge in [-0.1, -0.05) is 48.0 Å². The van der Waals surface area contributed by atoms with Crippen LogP contribution in [0.2, 0.25) is 5.02 Å². The lowest BCUT2D eigenvalue weighted by Crippen LogP contribution is -2.11. The van der Waals surface area contributed by atoms with Gasteiger partial charge in [0.1, 0.15) is 5.69 Å². The highest BCUT2D eigenvalue weighted by Crippen LogP contribution is 2.15. The number of rotatable bonds is 2. The summed E-state index contributed by atoms with van der Waals surface area (Å²) in [6, 6.07) is 15.0. The van der Waals surface area contributed by atoms with Crippen molar-refractivity contribution in [3.63, 3.8) is 0 Å². The van der Waals surface area contributed by atoms with Gasteiger partial charge in [0.05, 0.1) is 11.0 Å². The number of fused-ring (bicyclic) bond motifs is 1. The largest absolute Gasteiger partial charge is 0.319 e. The molecule has 0 bridgehead atoms. The van der Waals surface area contributed by atoms with Crippen LogP contribution in [0.15, 0.2) is 53.3 Å². The molecular formula is C16H11ClN2O. The summed E-state index contributed by atoms with van der Waals surface area (Å²) in [6.07, 6.45) is 3.57. The van der Waals surface area contributed by atoms with Gasteiger partial charge in [0, 0.05) is 5.02 Å². The molecule has 0 aliphatic heterocycles. The van der Waals surface area contributed by atoms with E-state index in [2.05, 4.69) is 9.97 Å². The fourth-order valence-electron chi connectivity index (χ4n) is 1.93. The van der Waals surface area contributed by atoms with Crippen LogP contribution in [0.25, 0.3) is 23.2 Å². The van der Waals surface area contributed by atoms with Gasteiger partial charge in [0.15, 0.2) is 0 Å². The Labute approximate surface area is 120 Å². The third-order valence-electron chi connectivity index (χ3n) is 2.91. The van der Waals surface area contributed by atoms with E-state index in [9.17, 15) is 4.79 Å². The predicted octanol–water partition coefficient (Wildman–Crippen LogP) is 3.75. The fourth-order valence-corrected chi connectivity index (χ4v) is 2.10. The number of benzene rings is 2. The monoisotopic (exact) mass is 282 g/mol. The molecule has 0 spiro atoms. The molecule has 0 unspecified atom stereocenters. The van der Waals surface area contributed by atoms with Gasteiger partial charge in [-0.05, 0) is 29.8 Å². The smallest absolute Gasteiger partial charge is 0.274 e. The molecule has 0 fully saturated rings. The van der Waals surface area contributed by atoms with E-state index in [0.717, 1.165) is 5.56 Å². The Kier molecular flexibility index (Phi) is 3.35. The maximum Gasteiger partial charge on any atom is 0.274 e. The molecule has 3 rings (SSSR count). The van der Waals surface area contributed by atoms with Crippen molar-refractivity contribution >= 4 is 34.8 Å². The summed E-state index contributed by atoms with van der Waals surface area (Å²) in [7, 11) is 0. The average molecular weight is 283 g/mol. The van der Waals surface area contributed by atoms with Gasteiger partial charge in [0.25, 0.3) is 5.56 Å². The van der Waals surface area contributed by atoms with Crippen molar-refractivity contribution in [2.45, 2.75) is 0 Å². The Balaban J connectivity index is 2.04. The first-order chi connectivity index (χ1) is 9.72. The third kappa shape index (κ3) is 2.63. The molecule has 0 amide bonds. The number of nitrogens with one attached hydrogen (secondary N) is 1. The first kappa shape index (κ1) is 12.6. The van der Waals surface area contributed by atoms with Gasteiger partial charge in [-0.15, -0.1) is 0 Å². The van der Waals surface area contributed by atoms with E-state index in [4.69, 9.17) is 11.6 Å². The maximum absolute atomic E-state index is 12.0. The maximum atomic E-state index is 12.0. The average Bonchev–Trinajstić information content (AvgIpc) is 2.46. The molecule has 98 valence electrons. The minimum Gasteiger partial charge on any atom is -0.319 e. The highest BCUT2D eigenvalue weighted by molar-refractivity contribution is 6.31. The molecule has 1 heterocycles. The van der Waals surface area contributed by atoms with E-state index in [1.807, 2.05) is 36.4 Å². The molecule has 0 radical (unpaired) electrons. The third-order valence-corrected chi connectivity index (χ3v) is 3.15. The van der Waals surface area contributed by atoms with Gasteiger partial charge in [0.2, 0.25) is 0 Å². The summed E-state index contributed by atoms with van der Waals surface area (Å²) in [5, 5.41) is 0.572. The topological polar surface area (TPSA) is 45.8 Å². The Morgan fingerprint density at radius 3 is 2.65 bits per heavy atom. The summed E-state index contributed by atoms with van der Waals surface area (Å²) in [4.78, 5) is 19.1. The molecule has 0 atom stereocenters. The van der Waals surface area contributed by atoms with E-state index in [-0.39, 0.29) is 5.56 Å². The second-order valence-corrected chi connectivity index (χ2v) is 4.79. The lowest BCUT2D eigenvalue weighted by Gasteiger charge is -1.99. The molecule has 3 aromatic rings. The zero-order valence-electron chi connectivity index (χ0n) is 10.5. The summed E-state index contributed by atoms with van der Waals surface area (Å²) < 4.78 is 0. The number of hydrogen-bond donors (Lipinski definition) is 1. The first-order valence-electron chi connectivity index (χ1n) is 6.15. The van der Waals surface area contributed by atoms with Crippen LogP contribution in [0, 0.1) is 0 Å². The Morgan fingerprint density at radius 2 is 1.85 bits per heavy atom. The van der Waals surface area contributed by atoms with Crippen molar-refractivity contribution in [2.75, 3.05) is 0 Å². The van der Waals surface area contributed by atoms with Crippen molar-refractivity contribution in [2.24, 2.45) is 0 Å². The second-order valence-electron chi connectivity index (χ2n) is 4.36. The zero-order chi connectivity index (χ0) is 13.9. The van der Waals surface area contributed by atoms with Gasteiger partial charge < -0.3 is 4.98 Å². The van der Waals surface area contributed by atoms with Crippen LogP contribution in [-0.4, -0.2) is 9.97 Å². The summed E-state index contributed by atoms with van der Waals surface area (Å²) in [5.74, 6) is 0. The van der Waals surface area contributed by atoms with E-state index < -0.39 is 0 Å². The predicted molar refractivity (Wildman–Crippen MR) is 82.7 cm³/mol. The van der Waals surface area contributed by atoms with Crippen LogP contribution >= 0.6 is 11.6 Å². The van der Waals surface area contributed by atoms with Crippen molar-refractivity contribution in [1.29, 1.82) is 0 Å². The van der Waals surface area contributed by atoms with Crippen LogP contribution in [0.5, 0.6) is 0 Å².